The van der Waals surface area contributed by atoms with Gasteiger partial charge in [-0.05, 0) is 25.7 Å². The van der Waals surface area contributed by atoms with E-state index < -0.39 is 0 Å². The molecule has 2 rings (SSSR count). The molecule has 0 heterocycles. The van der Waals surface area contributed by atoms with Gasteiger partial charge in [0.05, 0.1) is 0 Å². The van der Waals surface area contributed by atoms with Crippen molar-refractivity contribution in [3.8, 4) is 0 Å². The molecule has 0 unspecified atom stereocenters. The van der Waals surface area contributed by atoms with Gasteiger partial charge in [0, 0.05) is 12.1 Å². The van der Waals surface area contributed by atoms with Gasteiger partial charge in [0.15, 0.2) is 0 Å². The Morgan fingerprint density at radius 3 is 1.44 bits per heavy atom. The van der Waals surface area contributed by atoms with E-state index in [9.17, 15) is 0 Å². The van der Waals surface area contributed by atoms with Gasteiger partial charge in [0.1, 0.15) is 0 Å². The Labute approximate surface area is 98.6 Å². The van der Waals surface area contributed by atoms with Crippen molar-refractivity contribution in [2.75, 3.05) is 0 Å². The number of carboxylic acid groups (broad SMARTS) is 1. The monoisotopic (exact) mass is 227 g/mol. The number of carbonyl (C=O) groups is 1. The molecule has 0 amide bonds. The van der Waals surface area contributed by atoms with Crippen molar-refractivity contribution in [1.29, 1.82) is 0 Å². The molecule has 2 aliphatic carbocycles. The molecule has 0 radical (unpaired) electrons. The van der Waals surface area contributed by atoms with Crippen LogP contribution in [-0.2, 0) is 4.79 Å². The summed E-state index contributed by atoms with van der Waals surface area (Å²) in [6.07, 6.45) is 14.6. The Kier molecular flexibility index (Phi) is 7.23. The molecule has 2 saturated carbocycles. The van der Waals surface area contributed by atoms with Crippen molar-refractivity contribution in [1.82, 2.24) is 5.32 Å². The maximum absolute atomic E-state index is 8.36. The van der Waals surface area contributed by atoms with Gasteiger partial charge in [-0.2, -0.15) is 0 Å². The first-order valence-electron chi connectivity index (χ1n) is 6.70. The number of hydrogen-bond acceptors (Lipinski definition) is 2. The number of rotatable bonds is 2. The first-order valence-corrected chi connectivity index (χ1v) is 6.70. The minimum Gasteiger partial charge on any atom is -0.483 e. The minimum absolute atomic E-state index is 0.250. The average Bonchev–Trinajstić information content (AvgIpc) is 2.33. The van der Waals surface area contributed by atoms with E-state index in [0.29, 0.717) is 0 Å². The van der Waals surface area contributed by atoms with E-state index in [1.807, 2.05) is 0 Å². The molecule has 0 aromatic rings. The fourth-order valence-electron chi connectivity index (χ4n) is 2.87. The predicted octanol–water partition coefficient (Wildman–Crippen LogP) is 2.94. The zero-order valence-electron chi connectivity index (χ0n) is 10.2. The normalized spacial score (nSPS) is 23.2. The van der Waals surface area contributed by atoms with Crippen LogP contribution < -0.4 is 5.32 Å². The highest BCUT2D eigenvalue weighted by Crippen LogP contribution is 2.22. The molecule has 0 spiro atoms. The number of hydrogen-bond donors (Lipinski definition) is 2. The van der Waals surface area contributed by atoms with Crippen molar-refractivity contribution >= 4 is 6.47 Å². The predicted molar refractivity (Wildman–Crippen MR) is 65.6 cm³/mol. The summed E-state index contributed by atoms with van der Waals surface area (Å²) in [5.74, 6) is 0. The topological polar surface area (TPSA) is 49.3 Å². The standard InChI is InChI=1S/C12H23N.CH2O2/c1-3-7-11(8-4-1)13-12-9-5-2-6-10-12;2-1-3/h11-13H,1-10H2;1H,(H,2,3). The van der Waals surface area contributed by atoms with Gasteiger partial charge in [-0.15, -0.1) is 0 Å². The van der Waals surface area contributed by atoms with Gasteiger partial charge in [0.2, 0.25) is 0 Å². The van der Waals surface area contributed by atoms with Gasteiger partial charge >= 0.3 is 0 Å². The summed E-state index contributed by atoms with van der Waals surface area (Å²) in [6.45, 7) is -0.250. The molecule has 2 aliphatic rings. The molecule has 0 aromatic heterocycles. The molecule has 94 valence electrons. The van der Waals surface area contributed by atoms with Crippen molar-refractivity contribution < 1.29 is 9.90 Å². The highest BCUT2D eigenvalue weighted by Gasteiger charge is 2.19. The fraction of sp³-hybridized carbons (Fsp3) is 0.923. The molecule has 0 aromatic carbocycles. The van der Waals surface area contributed by atoms with Gasteiger partial charge in [-0.1, -0.05) is 38.5 Å². The molecule has 0 saturated heterocycles. The maximum Gasteiger partial charge on any atom is 0.290 e. The van der Waals surface area contributed by atoms with Crippen LogP contribution in [0.2, 0.25) is 0 Å². The van der Waals surface area contributed by atoms with E-state index in [0.717, 1.165) is 12.1 Å². The van der Waals surface area contributed by atoms with Crippen LogP contribution in [0.15, 0.2) is 0 Å². The quantitative estimate of drug-likeness (QED) is 0.713. The lowest BCUT2D eigenvalue weighted by molar-refractivity contribution is -0.122. The second-order valence-corrected chi connectivity index (χ2v) is 4.94. The van der Waals surface area contributed by atoms with Gasteiger partial charge in [-0.25, -0.2) is 0 Å². The Balaban J connectivity index is 0.000000386. The van der Waals surface area contributed by atoms with Gasteiger partial charge < -0.3 is 10.4 Å². The SMILES string of the molecule is C1CCC(NC2CCCCC2)CC1.O=CO. The Morgan fingerprint density at radius 1 is 0.812 bits per heavy atom. The van der Waals surface area contributed by atoms with Crippen LogP contribution in [0, 0.1) is 0 Å². The summed E-state index contributed by atoms with van der Waals surface area (Å²) in [5, 5.41) is 10.7. The molecule has 3 nitrogen and oxygen atoms in total. The molecule has 3 heteroatoms. The van der Waals surface area contributed by atoms with E-state index in [2.05, 4.69) is 5.32 Å². The first kappa shape index (κ1) is 13.5. The van der Waals surface area contributed by atoms with Crippen LogP contribution in [0.25, 0.3) is 0 Å². The summed E-state index contributed by atoms with van der Waals surface area (Å²) >= 11 is 0. The first-order chi connectivity index (χ1) is 7.86. The lowest BCUT2D eigenvalue weighted by Gasteiger charge is -2.30. The molecule has 16 heavy (non-hydrogen) atoms. The molecular weight excluding hydrogens is 202 g/mol. The van der Waals surface area contributed by atoms with E-state index in [4.69, 9.17) is 9.90 Å². The average molecular weight is 227 g/mol. The van der Waals surface area contributed by atoms with E-state index in [1.165, 1.54) is 64.2 Å². The zero-order chi connectivity index (χ0) is 11.6. The zero-order valence-corrected chi connectivity index (χ0v) is 10.2. The molecule has 0 aliphatic heterocycles. The highest BCUT2D eigenvalue weighted by molar-refractivity contribution is 5.32. The van der Waals surface area contributed by atoms with Gasteiger partial charge in [-0.3, -0.25) is 4.79 Å². The largest absolute Gasteiger partial charge is 0.483 e. The van der Waals surface area contributed by atoms with Crippen LogP contribution in [0.5, 0.6) is 0 Å². The summed E-state index contributed by atoms with van der Waals surface area (Å²) in [6, 6.07) is 1.74. The van der Waals surface area contributed by atoms with E-state index >= 15 is 0 Å². The highest BCUT2D eigenvalue weighted by atomic mass is 16.3. The minimum atomic E-state index is -0.250. The Morgan fingerprint density at radius 2 is 1.12 bits per heavy atom. The summed E-state index contributed by atoms with van der Waals surface area (Å²) in [7, 11) is 0. The Bertz CT molecular complexity index is 157. The molecule has 0 atom stereocenters. The Hall–Kier alpha value is -0.570. The smallest absolute Gasteiger partial charge is 0.290 e. The summed E-state index contributed by atoms with van der Waals surface area (Å²) in [4.78, 5) is 8.36. The molecule has 2 fully saturated rings. The summed E-state index contributed by atoms with van der Waals surface area (Å²) < 4.78 is 0. The summed E-state index contributed by atoms with van der Waals surface area (Å²) in [5.41, 5.74) is 0. The van der Waals surface area contributed by atoms with Crippen molar-refractivity contribution in [2.45, 2.75) is 76.3 Å². The third kappa shape index (κ3) is 5.50. The number of nitrogens with one attached hydrogen (secondary N) is 1. The third-order valence-electron chi connectivity index (χ3n) is 3.68. The lowest BCUT2D eigenvalue weighted by atomic mass is 9.91. The van der Waals surface area contributed by atoms with Crippen LogP contribution >= 0.6 is 0 Å². The van der Waals surface area contributed by atoms with Crippen LogP contribution in [0.3, 0.4) is 0 Å². The van der Waals surface area contributed by atoms with Crippen molar-refractivity contribution in [3.05, 3.63) is 0 Å². The van der Waals surface area contributed by atoms with Crippen LogP contribution in [-0.4, -0.2) is 23.7 Å². The third-order valence-corrected chi connectivity index (χ3v) is 3.68. The lowest BCUT2D eigenvalue weighted by Crippen LogP contribution is -2.40. The van der Waals surface area contributed by atoms with Crippen molar-refractivity contribution in [3.63, 3.8) is 0 Å². The maximum atomic E-state index is 8.36. The second-order valence-electron chi connectivity index (χ2n) is 4.94. The van der Waals surface area contributed by atoms with Crippen LogP contribution in [0.1, 0.15) is 64.2 Å². The fourth-order valence-corrected chi connectivity index (χ4v) is 2.87. The molecule has 0 bridgehead atoms. The van der Waals surface area contributed by atoms with Crippen molar-refractivity contribution in [2.24, 2.45) is 0 Å². The second kappa shape index (κ2) is 8.57. The van der Waals surface area contributed by atoms with Gasteiger partial charge in [0.25, 0.3) is 6.47 Å². The van der Waals surface area contributed by atoms with E-state index in [-0.39, 0.29) is 6.47 Å². The van der Waals surface area contributed by atoms with Crippen LogP contribution in [0.4, 0.5) is 0 Å². The molecule has 2 N–H and O–H groups in total. The molecular formula is C13H25NO2. The van der Waals surface area contributed by atoms with E-state index in [1.54, 1.807) is 0 Å².